The van der Waals surface area contributed by atoms with Gasteiger partial charge in [0.15, 0.2) is 5.78 Å². The van der Waals surface area contributed by atoms with Crippen LogP contribution in [0.1, 0.15) is 32.6 Å². The molecule has 0 saturated carbocycles. The van der Waals surface area contributed by atoms with Gasteiger partial charge in [0, 0.05) is 5.56 Å². The first-order valence-corrected chi connectivity index (χ1v) is 15.3. The maximum Gasteiger partial charge on any atom is 0.322 e. The average Bonchev–Trinajstić information content (AvgIpc) is 3.31. The van der Waals surface area contributed by atoms with Gasteiger partial charge in [0.2, 0.25) is 0 Å². The number of hydrogen-bond acceptors (Lipinski definition) is 6. The first-order chi connectivity index (χ1) is 21.3. The van der Waals surface area contributed by atoms with Crippen LogP contribution < -0.4 is 10.1 Å². The normalized spacial score (nSPS) is 18.3. The van der Waals surface area contributed by atoms with Crippen molar-refractivity contribution in [3.05, 3.63) is 148 Å². The van der Waals surface area contributed by atoms with Crippen molar-refractivity contribution < 1.29 is 28.0 Å². The summed E-state index contributed by atoms with van der Waals surface area (Å²) in [6.45, 7) is 0.288. The van der Waals surface area contributed by atoms with E-state index in [0.29, 0.717) is 16.3 Å². The first kappa shape index (κ1) is 30.9. The zero-order valence-electron chi connectivity index (χ0n) is 23.4. The fourth-order valence-corrected chi connectivity index (χ4v) is 6.48. The van der Waals surface area contributed by atoms with E-state index in [2.05, 4.69) is 17.9 Å². The molecule has 4 aromatic rings. The molecule has 4 aromatic carbocycles. The molecule has 224 valence electrons. The second kappa shape index (κ2) is 14.3. The fraction of sp³-hybridized carbons (Fsp3) is 0.118. The Balaban J connectivity index is 1.18. The minimum absolute atomic E-state index is 0.171. The number of rotatable bonds is 11. The minimum atomic E-state index is -1.76. The molecule has 5 rings (SSSR count). The van der Waals surface area contributed by atoms with Gasteiger partial charge >= 0.3 is 5.97 Å². The molecule has 44 heavy (non-hydrogen) atoms. The number of halogens is 1. The van der Waals surface area contributed by atoms with Crippen molar-refractivity contribution in [3.8, 4) is 5.75 Å². The lowest BCUT2D eigenvalue weighted by Crippen LogP contribution is -2.45. The molecule has 0 radical (unpaired) electrons. The molecule has 7 nitrogen and oxygen atoms in total. The zero-order chi connectivity index (χ0) is 31.1. The van der Waals surface area contributed by atoms with E-state index in [1.165, 1.54) is 22.5 Å². The van der Waals surface area contributed by atoms with E-state index in [4.69, 9.17) is 4.74 Å². The predicted octanol–water partition coefficient (Wildman–Crippen LogP) is 6.08. The van der Waals surface area contributed by atoms with Gasteiger partial charge in [0.25, 0.3) is 0 Å². The van der Waals surface area contributed by atoms with Gasteiger partial charge in [-0.2, -0.15) is 4.31 Å². The molecule has 1 fully saturated rings. The van der Waals surface area contributed by atoms with Crippen LogP contribution in [0, 0.1) is 5.82 Å². The van der Waals surface area contributed by atoms with Gasteiger partial charge < -0.3 is 15.2 Å². The second-order valence-electron chi connectivity index (χ2n) is 9.98. The Labute approximate surface area is 262 Å². The highest BCUT2D eigenvalue weighted by Gasteiger charge is 2.41. The van der Waals surface area contributed by atoms with Crippen LogP contribution in [0.5, 0.6) is 5.75 Å². The van der Waals surface area contributed by atoms with E-state index < -0.39 is 28.5 Å². The van der Waals surface area contributed by atoms with Crippen LogP contribution in [0.2, 0.25) is 0 Å². The molecule has 2 N–H and O–H groups in total. The van der Waals surface area contributed by atoms with Crippen molar-refractivity contribution in [1.82, 2.24) is 9.62 Å². The van der Waals surface area contributed by atoms with Crippen LogP contribution in [0.15, 0.2) is 114 Å². The summed E-state index contributed by atoms with van der Waals surface area (Å²) in [4.78, 5) is 24.8. The molecule has 1 aliphatic heterocycles. The SMILES string of the molecule is O=C(/C=C/c1ccc(/C=C2/N[C@H](S)N([C@@H](Cc3ccccc3)C(=O)O)S2=O)cc1)c1ccc(OCc2ccc(F)cc2)cc1. The van der Waals surface area contributed by atoms with Gasteiger partial charge in [-0.1, -0.05) is 72.8 Å². The van der Waals surface area contributed by atoms with E-state index in [1.807, 2.05) is 54.6 Å². The largest absolute Gasteiger partial charge is 0.489 e. The number of ketones is 1. The Bertz CT molecular complexity index is 1690. The van der Waals surface area contributed by atoms with Crippen molar-refractivity contribution in [2.24, 2.45) is 0 Å². The standard InChI is InChI=1S/C34H29FN2O5S2/c35-28-15-10-26(11-16-28)22-42-29-17-13-27(14-18-29)31(38)19-12-23-6-8-25(9-7-23)21-32-36-34(43)37(44(32)41)30(33(39)40)20-24-4-2-1-3-5-24/h1-19,21,30,34,36,43H,20,22H2,(H,39,40)/b19-12+,32-21-/t30-,34-,44?/m0/s1. The van der Waals surface area contributed by atoms with E-state index in [-0.39, 0.29) is 24.6 Å². The molecule has 10 heteroatoms. The second-order valence-corrected chi connectivity index (χ2v) is 11.8. The average molecular weight is 629 g/mol. The highest BCUT2D eigenvalue weighted by Crippen LogP contribution is 2.27. The Morgan fingerprint density at radius 3 is 2.25 bits per heavy atom. The lowest BCUT2D eigenvalue weighted by Gasteiger charge is -2.24. The molecule has 0 aliphatic carbocycles. The third-order valence-electron chi connectivity index (χ3n) is 6.88. The topological polar surface area (TPSA) is 95.9 Å². The fourth-order valence-electron chi connectivity index (χ4n) is 4.53. The van der Waals surface area contributed by atoms with Crippen LogP contribution >= 0.6 is 12.6 Å². The molecule has 3 atom stereocenters. The monoisotopic (exact) mass is 628 g/mol. The predicted molar refractivity (Wildman–Crippen MR) is 172 cm³/mol. The van der Waals surface area contributed by atoms with Crippen LogP contribution in [0.4, 0.5) is 4.39 Å². The van der Waals surface area contributed by atoms with Crippen molar-refractivity contribution in [3.63, 3.8) is 0 Å². The summed E-state index contributed by atoms with van der Waals surface area (Å²) >= 11 is 4.46. The van der Waals surface area contributed by atoms with Gasteiger partial charge in [-0.15, -0.1) is 12.6 Å². The van der Waals surface area contributed by atoms with Crippen LogP contribution in [0.3, 0.4) is 0 Å². The maximum atomic E-state index is 13.3. The molecule has 0 amide bonds. The minimum Gasteiger partial charge on any atom is -0.489 e. The third kappa shape index (κ3) is 7.90. The quantitative estimate of drug-likeness (QED) is 0.106. The van der Waals surface area contributed by atoms with Crippen molar-refractivity contribution >= 4 is 47.5 Å². The van der Waals surface area contributed by atoms with Crippen molar-refractivity contribution in [2.75, 3.05) is 0 Å². The summed E-state index contributed by atoms with van der Waals surface area (Å²) in [6, 6.07) is 28.3. The summed E-state index contributed by atoms with van der Waals surface area (Å²) in [5.41, 5.74) is 2.96. The molecule has 0 bridgehead atoms. The molecular formula is C34H29FN2O5S2. The molecule has 1 heterocycles. The number of ether oxygens (including phenoxy) is 1. The van der Waals surface area contributed by atoms with E-state index in [1.54, 1.807) is 48.6 Å². The van der Waals surface area contributed by atoms with Gasteiger partial charge in [-0.05, 0) is 77.2 Å². The van der Waals surface area contributed by atoms with Crippen molar-refractivity contribution in [1.29, 1.82) is 0 Å². The first-order valence-electron chi connectivity index (χ1n) is 13.7. The Kier molecular flexibility index (Phi) is 10.1. The number of hydrogen-bond donors (Lipinski definition) is 3. The molecule has 0 spiro atoms. The van der Waals surface area contributed by atoms with Crippen molar-refractivity contribution in [2.45, 2.75) is 24.6 Å². The van der Waals surface area contributed by atoms with Crippen LogP contribution in [-0.2, 0) is 28.8 Å². The maximum absolute atomic E-state index is 13.3. The Morgan fingerprint density at radius 1 is 0.932 bits per heavy atom. The lowest BCUT2D eigenvalue weighted by atomic mass is 10.1. The number of benzene rings is 4. The zero-order valence-corrected chi connectivity index (χ0v) is 25.1. The lowest BCUT2D eigenvalue weighted by molar-refractivity contribution is -0.141. The van der Waals surface area contributed by atoms with Crippen LogP contribution in [-0.4, -0.2) is 36.9 Å². The molecular weight excluding hydrogens is 600 g/mol. The van der Waals surface area contributed by atoms with Gasteiger partial charge in [0.05, 0.1) is 0 Å². The number of thiol groups is 1. The van der Waals surface area contributed by atoms with Gasteiger partial charge in [-0.25, -0.2) is 8.60 Å². The third-order valence-corrected chi connectivity index (χ3v) is 8.87. The van der Waals surface area contributed by atoms with Gasteiger partial charge in [-0.3, -0.25) is 9.59 Å². The number of carbonyl (C=O) groups excluding carboxylic acids is 1. The van der Waals surface area contributed by atoms with E-state index >= 15 is 0 Å². The summed E-state index contributed by atoms with van der Waals surface area (Å²) in [7, 11) is -1.76. The number of carboxylic acid groups (broad SMARTS) is 1. The highest BCUT2D eigenvalue weighted by molar-refractivity contribution is 7.89. The molecule has 1 unspecified atom stereocenters. The number of nitrogens with zero attached hydrogens (tertiary/aromatic N) is 1. The summed E-state index contributed by atoms with van der Waals surface area (Å²) in [6.07, 6.45) is 5.07. The summed E-state index contributed by atoms with van der Waals surface area (Å²) < 4.78 is 33.4. The molecule has 0 aromatic heterocycles. The smallest absolute Gasteiger partial charge is 0.322 e. The Hall–Kier alpha value is -4.51. The number of carboxylic acids is 1. The number of nitrogens with one attached hydrogen (secondary N) is 1. The van der Waals surface area contributed by atoms with E-state index in [9.17, 15) is 23.3 Å². The highest BCUT2D eigenvalue weighted by atomic mass is 32.2. The van der Waals surface area contributed by atoms with Crippen LogP contribution in [0.25, 0.3) is 12.2 Å². The number of aliphatic carboxylic acids is 1. The summed E-state index contributed by atoms with van der Waals surface area (Å²) in [5.74, 6) is -0.960. The molecule has 1 aliphatic rings. The van der Waals surface area contributed by atoms with E-state index in [0.717, 1.165) is 22.3 Å². The molecule has 1 saturated heterocycles. The van der Waals surface area contributed by atoms with Gasteiger partial charge in [0.1, 0.15) is 45.7 Å². The number of carbonyl (C=O) groups is 2. The summed E-state index contributed by atoms with van der Waals surface area (Å²) in [5, 5.41) is 13.3. The number of allylic oxidation sites excluding steroid dienone is 1. The Morgan fingerprint density at radius 2 is 1.59 bits per heavy atom.